The Morgan fingerprint density at radius 3 is 2.39 bits per heavy atom. The van der Waals surface area contributed by atoms with E-state index in [2.05, 4.69) is 4.74 Å². The van der Waals surface area contributed by atoms with Crippen LogP contribution in [0.4, 0.5) is 0 Å². The maximum absolute atomic E-state index is 11.3. The van der Waals surface area contributed by atoms with E-state index < -0.39 is 5.97 Å². The number of carbonyl (C=O) groups is 1. The topological polar surface area (TPSA) is 26.3 Å². The molecule has 0 aliphatic carbocycles. The predicted octanol–water partition coefficient (Wildman–Crippen LogP) is 3.91. The number of alkyl halides is 1. The molecular weight excluding hydrogens is 271 g/mol. The zero-order chi connectivity index (χ0) is 13.5. The number of aryl methyl sites for hydroxylation is 1. The first-order valence-corrected chi connectivity index (χ1v) is 6.27. The van der Waals surface area contributed by atoms with Crippen molar-refractivity contribution in [1.82, 2.24) is 0 Å². The summed E-state index contributed by atoms with van der Waals surface area (Å²) in [6.07, 6.45) is 3.21. The molecule has 1 aromatic carbocycles. The van der Waals surface area contributed by atoms with Crippen LogP contribution < -0.4 is 0 Å². The zero-order valence-corrected chi connectivity index (χ0v) is 11.8. The van der Waals surface area contributed by atoms with Crippen LogP contribution in [-0.4, -0.2) is 19.0 Å². The molecular formula is C14H14Cl2O2. The highest BCUT2D eigenvalue weighted by atomic mass is 35.5. The van der Waals surface area contributed by atoms with Crippen LogP contribution in [0.25, 0.3) is 5.03 Å². The van der Waals surface area contributed by atoms with Crippen molar-refractivity contribution in [2.24, 2.45) is 0 Å². The van der Waals surface area contributed by atoms with Crippen LogP contribution in [-0.2, 0) is 9.53 Å². The minimum Gasteiger partial charge on any atom is -0.466 e. The molecule has 0 aromatic heterocycles. The van der Waals surface area contributed by atoms with Crippen molar-refractivity contribution in [2.45, 2.75) is 6.92 Å². The molecule has 18 heavy (non-hydrogen) atoms. The summed E-state index contributed by atoms with van der Waals surface area (Å²) < 4.78 is 4.59. The molecule has 96 valence electrons. The van der Waals surface area contributed by atoms with E-state index in [-0.39, 0.29) is 5.88 Å². The minimum atomic E-state index is -0.449. The zero-order valence-electron chi connectivity index (χ0n) is 10.2. The molecule has 2 nitrogen and oxygen atoms in total. The summed E-state index contributed by atoms with van der Waals surface area (Å²) in [4.78, 5) is 11.3. The van der Waals surface area contributed by atoms with Gasteiger partial charge in [-0.3, -0.25) is 0 Å². The van der Waals surface area contributed by atoms with Crippen LogP contribution >= 0.6 is 23.2 Å². The van der Waals surface area contributed by atoms with Gasteiger partial charge in [-0.25, -0.2) is 4.79 Å². The Balaban J connectivity index is 2.92. The molecule has 0 N–H and O–H groups in total. The first-order chi connectivity index (χ1) is 8.58. The van der Waals surface area contributed by atoms with Gasteiger partial charge in [0.2, 0.25) is 0 Å². The SMILES string of the molecule is COC(=O)/C(=C/C=C(\Cl)c1ccc(C)cc1)CCl. The fourth-order valence-corrected chi connectivity index (χ4v) is 1.67. The van der Waals surface area contributed by atoms with Gasteiger partial charge in [0.05, 0.1) is 18.6 Å². The number of carbonyl (C=O) groups excluding carboxylic acids is 1. The lowest BCUT2D eigenvalue weighted by Crippen LogP contribution is -2.05. The van der Waals surface area contributed by atoms with Gasteiger partial charge in [-0.2, -0.15) is 0 Å². The van der Waals surface area contributed by atoms with Crippen molar-refractivity contribution in [3.63, 3.8) is 0 Å². The molecule has 0 aliphatic heterocycles. The van der Waals surface area contributed by atoms with Gasteiger partial charge in [0.15, 0.2) is 0 Å². The molecule has 1 rings (SSSR count). The third-order valence-electron chi connectivity index (χ3n) is 2.35. The van der Waals surface area contributed by atoms with E-state index >= 15 is 0 Å². The largest absolute Gasteiger partial charge is 0.466 e. The van der Waals surface area contributed by atoms with E-state index in [4.69, 9.17) is 23.2 Å². The fraction of sp³-hybridized carbons (Fsp3) is 0.214. The number of methoxy groups -OCH3 is 1. The van der Waals surface area contributed by atoms with Gasteiger partial charge >= 0.3 is 5.97 Å². The molecule has 0 radical (unpaired) electrons. The van der Waals surface area contributed by atoms with E-state index in [9.17, 15) is 4.79 Å². The lowest BCUT2D eigenvalue weighted by Gasteiger charge is -2.01. The second kappa shape index (κ2) is 7.24. The number of hydrogen-bond donors (Lipinski definition) is 0. The Morgan fingerprint density at radius 2 is 1.89 bits per heavy atom. The highest BCUT2D eigenvalue weighted by Crippen LogP contribution is 2.19. The Kier molecular flexibility index (Phi) is 5.96. The van der Waals surface area contributed by atoms with Crippen molar-refractivity contribution in [2.75, 3.05) is 13.0 Å². The molecule has 0 atom stereocenters. The third kappa shape index (κ3) is 4.21. The fourth-order valence-electron chi connectivity index (χ4n) is 1.28. The normalized spacial score (nSPS) is 12.4. The second-order valence-corrected chi connectivity index (χ2v) is 4.37. The third-order valence-corrected chi connectivity index (χ3v) is 2.98. The maximum atomic E-state index is 11.3. The Hall–Kier alpha value is -1.25. The van der Waals surface area contributed by atoms with Crippen LogP contribution in [0, 0.1) is 6.92 Å². The monoisotopic (exact) mass is 284 g/mol. The van der Waals surface area contributed by atoms with Gasteiger partial charge in [0.1, 0.15) is 0 Å². The average Bonchev–Trinajstić information content (AvgIpc) is 2.39. The number of halogens is 2. The molecule has 0 amide bonds. The molecule has 0 fully saturated rings. The number of esters is 1. The predicted molar refractivity (Wildman–Crippen MR) is 75.8 cm³/mol. The summed E-state index contributed by atoms with van der Waals surface area (Å²) in [6.45, 7) is 2.00. The van der Waals surface area contributed by atoms with Crippen molar-refractivity contribution < 1.29 is 9.53 Å². The molecule has 0 heterocycles. The van der Waals surface area contributed by atoms with Crippen molar-refractivity contribution >= 4 is 34.2 Å². The number of benzene rings is 1. The Morgan fingerprint density at radius 1 is 1.28 bits per heavy atom. The van der Waals surface area contributed by atoms with Gasteiger partial charge in [-0.05, 0) is 24.6 Å². The average molecular weight is 285 g/mol. The van der Waals surface area contributed by atoms with Crippen LogP contribution in [0.3, 0.4) is 0 Å². The number of ether oxygens (including phenoxy) is 1. The van der Waals surface area contributed by atoms with Crippen LogP contribution in [0.15, 0.2) is 42.0 Å². The molecule has 0 aliphatic rings. The van der Waals surface area contributed by atoms with Crippen molar-refractivity contribution in [3.8, 4) is 0 Å². The van der Waals surface area contributed by atoms with E-state index in [0.29, 0.717) is 10.6 Å². The summed E-state index contributed by atoms with van der Waals surface area (Å²) in [6, 6.07) is 7.77. The minimum absolute atomic E-state index is 0.0846. The molecule has 0 saturated heterocycles. The summed E-state index contributed by atoms with van der Waals surface area (Å²) in [5.74, 6) is -0.365. The van der Waals surface area contributed by atoms with Gasteiger partial charge in [0.25, 0.3) is 0 Å². The summed E-state index contributed by atoms with van der Waals surface area (Å²) in [5, 5.41) is 0.543. The summed E-state index contributed by atoms with van der Waals surface area (Å²) in [7, 11) is 1.31. The molecule has 0 unspecified atom stereocenters. The molecule has 0 spiro atoms. The Labute approximate surface area is 117 Å². The molecule has 0 bridgehead atoms. The van der Waals surface area contributed by atoms with Crippen molar-refractivity contribution in [1.29, 1.82) is 0 Å². The highest BCUT2D eigenvalue weighted by Gasteiger charge is 2.06. The van der Waals surface area contributed by atoms with E-state index in [0.717, 1.165) is 11.1 Å². The van der Waals surface area contributed by atoms with Gasteiger partial charge < -0.3 is 4.74 Å². The molecule has 1 aromatic rings. The second-order valence-electron chi connectivity index (χ2n) is 3.70. The maximum Gasteiger partial charge on any atom is 0.334 e. The smallest absolute Gasteiger partial charge is 0.334 e. The lowest BCUT2D eigenvalue weighted by atomic mass is 10.1. The quantitative estimate of drug-likeness (QED) is 0.363. The molecule has 0 saturated carbocycles. The lowest BCUT2D eigenvalue weighted by molar-refractivity contribution is -0.135. The van der Waals surface area contributed by atoms with Gasteiger partial charge in [-0.1, -0.05) is 41.4 Å². The summed E-state index contributed by atoms with van der Waals surface area (Å²) in [5.41, 5.74) is 2.41. The van der Waals surface area contributed by atoms with Crippen LogP contribution in [0.1, 0.15) is 11.1 Å². The number of rotatable bonds is 4. The first-order valence-electron chi connectivity index (χ1n) is 5.36. The number of hydrogen-bond acceptors (Lipinski definition) is 2. The van der Waals surface area contributed by atoms with Crippen LogP contribution in [0.2, 0.25) is 0 Å². The highest BCUT2D eigenvalue weighted by molar-refractivity contribution is 6.48. The van der Waals surface area contributed by atoms with E-state index in [1.807, 2.05) is 31.2 Å². The van der Waals surface area contributed by atoms with Crippen LogP contribution in [0.5, 0.6) is 0 Å². The summed E-state index contributed by atoms with van der Waals surface area (Å²) >= 11 is 11.8. The standard InChI is InChI=1S/C14H14Cl2O2/c1-10-3-5-11(6-4-10)13(16)8-7-12(9-15)14(17)18-2/h3-8H,9H2,1-2H3/b12-7+,13-8-. The van der Waals surface area contributed by atoms with E-state index in [1.165, 1.54) is 7.11 Å². The Bertz CT molecular complexity index is 473. The number of allylic oxidation sites excluding steroid dienone is 2. The first kappa shape index (κ1) is 14.8. The van der Waals surface area contributed by atoms with Crippen molar-refractivity contribution in [3.05, 3.63) is 53.1 Å². The van der Waals surface area contributed by atoms with Gasteiger partial charge in [0, 0.05) is 5.03 Å². The van der Waals surface area contributed by atoms with E-state index in [1.54, 1.807) is 12.2 Å². The van der Waals surface area contributed by atoms with Gasteiger partial charge in [-0.15, -0.1) is 11.6 Å². The molecule has 4 heteroatoms.